The Hall–Kier alpha value is -0.630. The van der Waals surface area contributed by atoms with Gasteiger partial charge < -0.3 is 0 Å². The van der Waals surface area contributed by atoms with Crippen molar-refractivity contribution in [2.24, 2.45) is 7.05 Å². The third kappa shape index (κ3) is 1.39. The van der Waals surface area contributed by atoms with E-state index >= 15 is 0 Å². The molecule has 2 nitrogen and oxygen atoms in total. The van der Waals surface area contributed by atoms with Crippen LogP contribution in [0.1, 0.15) is 5.82 Å². The van der Waals surface area contributed by atoms with Gasteiger partial charge in [0.15, 0.2) is 0 Å². The molecule has 0 saturated carbocycles. The van der Waals surface area contributed by atoms with Crippen molar-refractivity contribution in [1.82, 2.24) is 4.98 Å². The first-order chi connectivity index (χ1) is 4.20. The van der Waals surface area contributed by atoms with E-state index in [1.54, 1.807) is 6.07 Å². The summed E-state index contributed by atoms with van der Waals surface area (Å²) in [4.78, 5) is 4.00. The van der Waals surface area contributed by atoms with Crippen molar-refractivity contribution in [1.29, 1.82) is 0 Å². The minimum atomic E-state index is 0.547. The van der Waals surface area contributed by atoms with Gasteiger partial charge in [0.25, 0.3) is 5.82 Å². The van der Waals surface area contributed by atoms with Gasteiger partial charge in [-0.15, -0.1) is 0 Å². The molecule has 0 spiro atoms. The van der Waals surface area contributed by atoms with Crippen LogP contribution >= 0.6 is 11.6 Å². The molecule has 0 aliphatic rings. The van der Waals surface area contributed by atoms with Crippen molar-refractivity contribution < 1.29 is 4.57 Å². The lowest BCUT2D eigenvalue weighted by molar-refractivity contribution is -0.680. The highest BCUT2D eigenvalue weighted by molar-refractivity contribution is 6.29. The van der Waals surface area contributed by atoms with Gasteiger partial charge >= 0.3 is 0 Å². The number of halogens is 1. The standard InChI is InChI=1S/C6H8ClN2/c1-5-8-6(7)3-4-9(5)2/h3-4H,1-2H3/q+1. The quantitative estimate of drug-likeness (QED) is 0.389. The Morgan fingerprint density at radius 3 is 2.78 bits per heavy atom. The van der Waals surface area contributed by atoms with Gasteiger partial charge in [0.05, 0.1) is 13.2 Å². The molecule has 0 radical (unpaired) electrons. The third-order valence-corrected chi connectivity index (χ3v) is 1.43. The smallest absolute Gasteiger partial charge is 0.237 e. The van der Waals surface area contributed by atoms with Gasteiger partial charge in [0, 0.05) is 13.0 Å². The summed E-state index contributed by atoms with van der Waals surface area (Å²) in [6, 6.07) is 1.76. The maximum absolute atomic E-state index is 5.59. The molecule has 3 heteroatoms. The zero-order valence-electron chi connectivity index (χ0n) is 5.43. The Morgan fingerprint density at radius 1 is 1.67 bits per heavy atom. The molecule has 1 aromatic heterocycles. The van der Waals surface area contributed by atoms with E-state index in [0.717, 1.165) is 5.82 Å². The maximum atomic E-state index is 5.59. The summed E-state index contributed by atoms with van der Waals surface area (Å²) in [6.45, 7) is 1.91. The van der Waals surface area contributed by atoms with Crippen molar-refractivity contribution >= 4 is 11.6 Å². The van der Waals surface area contributed by atoms with Crippen molar-refractivity contribution in [3.63, 3.8) is 0 Å². The topological polar surface area (TPSA) is 16.8 Å². The van der Waals surface area contributed by atoms with E-state index in [-0.39, 0.29) is 0 Å². The van der Waals surface area contributed by atoms with E-state index in [9.17, 15) is 0 Å². The zero-order chi connectivity index (χ0) is 6.85. The molecule has 48 valence electrons. The molecule has 0 fully saturated rings. The fourth-order valence-corrected chi connectivity index (χ4v) is 0.731. The van der Waals surface area contributed by atoms with Crippen LogP contribution in [-0.2, 0) is 7.05 Å². The number of aryl methyl sites for hydroxylation is 2. The first kappa shape index (κ1) is 6.49. The summed E-state index contributed by atoms with van der Waals surface area (Å²) in [7, 11) is 1.93. The molecule has 0 atom stereocenters. The monoisotopic (exact) mass is 143 g/mol. The normalized spacial score (nSPS) is 9.67. The van der Waals surface area contributed by atoms with Gasteiger partial charge in [-0.1, -0.05) is 0 Å². The molecule has 9 heavy (non-hydrogen) atoms. The Balaban J connectivity index is 3.17. The molecule has 0 aromatic carbocycles. The lowest BCUT2D eigenvalue weighted by Crippen LogP contribution is -2.32. The predicted molar refractivity (Wildman–Crippen MR) is 35.2 cm³/mol. The van der Waals surface area contributed by atoms with E-state index in [1.807, 2.05) is 24.7 Å². The van der Waals surface area contributed by atoms with Crippen molar-refractivity contribution in [3.05, 3.63) is 23.2 Å². The van der Waals surface area contributed by atoms with Crippen LogP contribution in [0.3, 0.4) is 0 Å². The minimum Gasteiger partial charge on any atom is -0.237 e. The molecule has 0 saturated heterocycles. The Labute approximate surface area is 59.1 Å². The highest BCUT2D eigenvalue weighted by Gasteiger charge is 2.02. The molecule has 0 aliphatic heterocycles. The SMILES string of the molecule is Cc1nc(Cl)cc[n+]1C. The Bertz CT molecular complexity index is 222. The summed E-state index contributed by atoms with van der Waals surface area (Å²) in [5, 5.41) is 0.547. The van der Waals surface area contributed by atoms with Gasteiger partial charge in [-0.25, -0.2) is 4.57 Å². The van der Waals surface area contributed by atoms with Gasteiger partial charge in [-0.05, 0) is 16.6 Å². The first-order valence-corrected chi connectivity index (χ1v) is 3.07. The van der Waals surface area contributed by atoms with Gasteiger partial charge in [-0.2, -0.15) is 0 Å². The fourth-order valence-electron chi connectivity index (χ4n) is 0.552. The van der Waals surface area contributed by atoms with E-state index in [0.29, 0.717) is 5.15 Å². The second-order valence-electron chi connectivity index (χ2n) is 1.91. The number of hydrogen-bond acceptors (Lipinski definition) is 1. The summed E-state index contributed by atoms with van der Waals surface area (Å²) >= 11 is 5.59. The van der Waals surface area contributed by atoms with Gasteiger partial charge in [0.1, 0.15) is 0 Å². The van der Waals surface area contributed by atoms with Crippen LogP contribution in [0.4, 0.5) is 0 Å². The van der Waals surface area contributed by atoms with Crippen molar-refractivity contribution in [2.75, 3.05) is 0 Å². The van der Waals surface area contributed by atoms with Crippen LogP contribution < -0.4 is 4.57 Å². The number of hydrogen-bond donors (Lipinski definition) is 0. The molecule has 0 unspecified atom stereocenters. The number of nitrogens with zero attached hydrogens (tertiary/aromatic N) is 2. The van der Waals surface area contributed by atoms with Crippen LogP contribution in [0.25, 0.3) is 0 Å². The molecular weight excluding hydrogens is 136 g/mol. The molecule has 1 aromatic rings. The van der Waals surface area contributed by atoms with E-state index in [2.05, 4.69) is 4.98 Å². The van der Waals surface area contributed by atoms with Gasteiger partial charge in [0.2, 0.25) is 5.15 Å². The van der Waals surface area contributed by atoms with Crippen molar-refractivity contribution in [3.8, 4) is 0 Å². The number of aromatic nitrogens is 2. The second-order valence-corrected chi connectivity index (χ2v) is 2.30. The average molecular weight is 144 g/mol. The maximum Gasteiger partial charge on any atom is 0.296 e. The van der Waals surface area contributed by atoms with E-state index in [1.165, 1.54) is 0 Å². The second kappa shape index (κ2) is 2.31. The highest BCUT2D eigenvalue weighted by Crippen LogP contribution is 1.98. The molecule has 0 aliphatic carbocycles. The average Bonchev–Trinajstić information content (AvgIpc) is 1.80. The fraction of sp³-hybridized carbons (Fsp3) is 0.333. The van der Waals surface area contributed by atoms with Crippen LogP contribution in [0.5, 0.6) is 0 Å². The highest BCUT2D eigenvalue weighted by atomic mass is 35.5. The van der Waals surface area contributed by atoms with E-state index < -0.39 is 0 Å². The molecule has 1 rings (SSSR count). The van der Waals surface area contributed by atoms with Crippen LogP contribution in [0.15, 0.2) is 12.3 Å². The largest absolute Gasteiger partial charge is 0.296 e. The molecule has 0 bridgehead atoms. The van der Waals surface area contributed by atoms with Crippen LogP contribution in [-0.4, -0.2) is 4.98 Å². The first-order valence-electron chi connectivity index (χ1n) is 2.69. The van der Waals surface area contributed by atoms with Crippen LogP contribution in [0.2, 0.25) is 5.15 Å². The Kier molecular flexibility index (Phi) is 1.67. The zero-order valence-corrected chi connectivity index (χ0v) is 6.18. The molecule has 0 amide bonds. The summed E-state index contributed by atoms with van der Waals surface area (Å²) in [5.74, 6) is 0.919. The van der Waals surface area contributed by atoms with Crippen molar-refractivity contribution in [2.45, 2.75) is 6.92 Å². The minimum absolute atomic E-state index is 0.547. The predicted octanol–water partition coefficient (Wildman–Crippen LogP) is 0.868. The molecular formula is C6H8ClN2+. The summed E-state index contributed by atoms with van der Waals surface area (Å²) in [5.41, 5.74) is 0. The lowest BCUT2D eigenvalue weighted by atomic mass is 10.6. The number of rotatable bonds is 0. The summed E-state index contributed by atoms with van der Waals surface area (Å²) in [6.07, 6.45) is 1.88. The molecule has 0 N–H and O–H groups in total. The molecule has 1 heterocycles. The van der Waals surface area contributed by atoms with Crippen LogP contribution in [0, 0.1) is 6.92 Å². The lowest BCUT2D eigenvalue weighted by Gasteiger charge is -1.89. The summed E-state index contributed by atoms with van der Waals surface area (Å²) < 4.78 is 1.91. The third-order valence-electron chi connectivity index (χ3n) is 1.21. The van der Waals surface area contributed by atoms with E-state index in [4.69, 9.17) is 11.6 Å². The van der Waals surface area contributed by atoms with Gasteiger partial charge in [-0.3, -0.25) is 0 Å². The Morgan fingerprint density at radius 2 is 2.33 bits per heavy atom.